The quantitative estimate of drug-likeness (QED) is 0.890. The number of nitrogens with zero attached hydrogens (tertiary/aromatic N) is 4. The molecule has 0 unspecified atom stereocenters. The van der Waals surface area contributed by atoms with Gasteiger partial charge in [-0.1, -0.05) is 5.16 Å². The van der Waals surface area contributed by atoms with Crippen molar-refractivity contribution >= 4 is 5.91 Å². The van der Waals surface area contributed by atoms with E-state index in [9.17, 15) is 4.79 Å². The maximum atomic E-state index is 12.1. The first-order valence-corrected chi connectivity index (χ1v) is 6.51. The lowest BCUT2D eigenvalue weighted by Crippen LogP contribution is -2.27. The molecule has 0 fully saturated rings. The standard InChI is InChI=1S/C13H19N5O2/c1-8-11(9(2)20-17-8)5-6-13(19)18(4)7-12-14-10(3)15-16-12/h5-7H2,1-4H3,(H,14,15,16). The van der Waals surface area contributed by atoms with Gasteiger partial charge in [0.1, 0.15) is 11.6 Å². The normalized spacial score (nSPS) is 10.8. The number of aryl methyl sites for hydroxylation is 3. The number of rotatable bonds is 5. The number of carbonyl (C=O) groups excluding carboxylic acids is 1. The van der Waals surface area contributed by atoms with Gasteiger partial charge >= 0.3 is 0 Å². The lowest BCUT2D eigenvalue weighted by atomic mass is 10.1. The SMILES string of the molecule is Cc1nc(CN(C)C(=O)CCc2c(C)noc2C)n[nH]1. The summed E-state index contributed by atoms with van der Waals surface area (Å²) in [5.41, 5.74) is 1.86. The maximum absolute atomic E-state index is 12.1. The summed E-state index contributed by atoms with van der Waals surface area (Å²) in [7, 11) is 1.75. The van der Waals surface area contributed by atoms with Crippen molar-refractivity contribution < 1.29 is 9.32 Å². The highest BCUT2D eigenvalue weighted by atomic mass is 16.5. The molecular weight excluding hydrogens is 258 g/mol. The van der Waals surface area contributed by atoms with Crippen molar-refractivity contribution in [2.24, 2.45) is 0 Å². The van der Waals surface area contributed by atoms with E-state index in [4.69, 9.17) is 4.52 Å². The van der Waals surface area contributed by atoms with E-state index < -0.39 is 0 Å². The number of nitrogens with one attached hydrogen (secondary N) is 1. The molecule has 2 heterocycles. The van der Waals surface area contributed by atoms with Gasteiger partial charge in [0.15, 0.2) is 5.82 Å². The lowest BCUT2D eigenvalue weighted by Gasteiger charge is -2.14. The highest BCUT2D eigenvalue weighted by Crippen LogP contribution is 2.15. The molecule has 2 rings (SSSR count). The van der Waals surface area contributed by atoms with Crippen molar-refractivity contribution in [3.05, 3.63) is 28.7 Å². The maximum Gasteiger partial charge on any atom is 0.223 e. The fourth-order valence-corrected chi connectivity index (χ4v) is 2.04. The molecule has 2 aromatic heterocycles. The molecule has 0 aromatic carbocycles. The summed E-state index contributed by atoms with van der Waals surface area (Å²) in [5, 5.41) is 10.7. The molecule has 7 nitrogen and oxygen atoms in total. The highest BCUT2D eigenvalue weighted by Gasteiger charge is 2.15. The molecule has 0 spiro atoms. The molecule has 0 aliphatic carbocycles. The predicted molar refractivity (Wildman–Crippen MR) is 71.9 cm³/mol. The first-order chi connectivity index (χ1) is 9.47. The average Bonchev–Trinajstić information content (AvgIpc) is 2.94. The Hall–Kier alpha value is -2.18. The first-order valence-electron chi connectivity index (χ1n) is 6.51. The molecule has 20 heavy (non-hydrogen) atoms. The number of amides is 1. The molecule has 2 aromatic rings. The van der Waals surface area contributed by atoms with Crippen LogP contribution in [0, 0.1) is 20.8 Å². The Morgan fingerprint density at radius 2 is 2.10 bits per heavy atom. The summed E-state index contributed by atoms with van der Waals surface area (Å²) in [4.78, 5) is 17.9. The number of H-pyrrole nitrogens is 1. The van der Waals surface area contributed by atoms with Crippen LogP contribution in [0.25, 0.3) is 0 Å². The van der Waals surface area contributed by atoms with Crippen LogP contribution in [0.3, 0.4) is 0 Å². The average molecular weight is 277 g/mol. The van der Waals surface area contributed by atoms with E-state index in [1.165, 1.54) is 0 Å². The molecule has 0 atom stereocenters. The van der Waals surface area contributed by atoms with Gasteiger partial charge in [0, 0.05) is 19.0 Å². The Bertz CT molecular complexity index is 582. The number of hydrogen-bond donors (Lipinski definition) is 1. The van der Waals surface area contributed by atoms with Crippen LogP contribution in [0.4, 0.5) is 0 Å². The lowest BCUT2D eigenvalue weighted by molar-refractivity contribution is -0.130. The molecule has 1 N–H and O–H groups in total. The second kappa shape index (κ2) is 5.85. The molecule has 0 saturated heterocycles. The van der Waals surface area contributed by atoms with Crippen molar-refractivity contribution in [2.75, 3.05) is 7.05 Å². The summed E-state index contributed by atoms with van der Waals surface area (Å²) in [6.07, 6.45) is 1.06. The predicted octanol–water partition coefficient (Wildman–Crippen LogP) is 1.31. The molecule has 0 saturated carbocycles. The summed E-state index contributed by atoms with van der Waals surface area (Å²) in [6.45, 7) is 5.98. The van der Waals surface area contributed by atoms with Crippen LogP contribution in [-0.4, -0.2) is 38.2 Å². The summed E-state index contributed by atoms with van der Waals surface area (Å²) in [6, 6.07) is 0. The zero-order valence-electron chi connectivity index (χ0n) is 12.2. The van der Waals surface area contributed by atoms with Crippen LogP contribution >= 0.6 is 0 Å². The molecule has 7 heteroatoms. The van der Waals surface area contributed by atoms with E-state index in [2.05, 4.69) is 20.3 Å². The van der Waals surface area contributed by atoms with Gasteiger partial charge in [-0.3, -0.25) is 9.89 Å². The molecule has 0 aliphatic rings. The van der Waals surface area contributed by atoms with Crippen LogP contribution in [0.1, 0.15) is 35.1 Å². The van der Waals surface area contributed by atoms with Crippen LogP contribution in [-0.2, 0) is 17.8 Å². The molecule has 108 valence electrons. The summed E-state index contributed by atoms with van der Waals surface area (Å²) in [5.74, 6) is 2.20. The number of aromatic amines is 1. The smallest absolute Gasteiger partial charge is 0.223 e. The minimum atomic E-state index is 0.0486. The first kappa shape index (κ1) is 14.2. The van der Waals surface area contributed by atoms with Gasteiger partial charge in [0.25, 0.3) is 0 Å². The highest BCUT2D eigenvalue weighted by molar-refractivity contribution is 5.76. The Kier molecular flexibility index (Phi) is 4.16. The van der Waals surface area contributed by atoms with Gasteiger partial charge in [-0.15, -0.1) is 0 Å². The van der Waals surface area contributed by atoms with E-state index in [0.717, 1.165) is 22.8 Å². The Morgan fingerprint density at radius 3 is 2.65 bits per heavy atom. The van der Waals surface area contributed by atoms with Gasteiger partial charge in [0.2, 0.25) is 5.91 Å². The number of hydrogen-bond acceptors (Lipinski definition) is 5. The van der Waals surface area contributed by atoms with Crippen LogP contribution < -0.4 is 0 Å². The van der Waals surface area contributed by atoms with Crippen LogP contribution in [0.5, 0.6) is 0 Å². The fourth-order valence-electron chi connectivity index (χ4n) is 2.04. The van der Waals surface area contributed by atoms with Crippen molar-refractivity contribution in [2.45, 2.75) is 40.2 Å². The summed E-state index contributed by atoms with van der Waals surface area (Å²) >= 11 is 0. The zero-order chi connectivity index (χ0) is 14.7. The van der Waals surface area contributed by atoms with E-state index in [1.54, 1.807) is 11.9 Å². The van der Waals surface area contributed by atoms with Crippen molar-refractivity contribution in [3.8, 4) is 0 Å². The third-order valence-electron chi connectivity index (χ3n) is 3.22. The van der Waals surface area contributed by atoms with Gasteiger partial charge in [-0.25, -0.2) is 4.98 Å². The molecule has 0 radical (unpaired) electrons. The molecule has 1 amide bonds. The number of carbonyl (C=O) groups is 1. The molecule has 0 aliphatic heterocycles. The van der Waals surface area contributed by atoms with E-state index >= 15 is 0 Å². The van der Waals surface area contributed by atoms with E-state index in [1.807, 2.05) is 20.8 Å². The van der Waals surface area contributed by atoms with Crippen molar-refractivity contribution in [3.63, 3.8) is 0 Å². The zero-order valence-corrected chi connectivity index (χ0v) is 12.2. The van der Waals surface area contributed by atoms with Crippen molar-refractivity contribution in [1.82, 2.24) is 25.2 Å². The van der Waals surface area contributed by atoms with Crippen LogP contribution in [0.15, 0.2) is 4.52 Å². The van der Waals surface area contributed by atoms with Gasteiger partial charge in [-0.2, -0.15) is 5.10 Å². The third-order valence-corrected chi connectivity index (χ3v) is 3.22. The molecular formula is C13H19N5O2. The van der Waals surface area contributed by atoms with Crippen molar-refractivity contribution in [1.29, 1.82) is 0 Å². The van der Waals surface area contributed by atoms with Gasteiger partial charge in [-0.05, 0) is 27.2 Å². The fraction of sp³-hybridized carbons (Fsp3) is 0.538. The Labute approximate surface area is 117 Å². The Morgan fingerprint density at radius 1 is 1.35 bits per heavy atom. The second-order valence-electron chi connectivity index (χ2n) is 4.89. The van der Waals surface area contributed by atoms with E-state index in [0.29, 0.717) is 25.2 Å². The minimum absolute atomic E-state index is 0.0486. The van der Waals surface area contributed by atoms with Crippen LogP contribution in [0.2, 0.25) is 0 Å². The minimum Gasteiger partial charge on any atom is -0.361 e. The monoisotopic (exact) mass is 277 g/mol. The largest absolute Gasteiger partial charge is 0.361 e. The van der Waals surface area contributed by atoms with Gasteiger partial charge in [0.05, 0.1) is 12.2 Å². The molecule has 0 bridgehead atoms. The second-order valence-corrected chi connectivity index (χ2v) is 4.89. The van der Waals surface area contributed by atoms with Gasteiger partial charge < -0.3 is 9.42 Å². The topological polar surface area (TPSA) is 87.9 Å². The number of aromatic nitrogens is 4. The third kappa shape index (κ3) is 3.23. The Balaban J connectivity index is 1.88. The van der Waals surface area contributed by atoms with E-state index in [-0.39, 0.29) is 5.91 Å². The summed E-state index contributed by atoms with van der Waals surface area (Å²) < 4.78 is 5.09.